The van der Waals surface area contributed by atoms with Gasteiger partial charge in [-0.3, -0.25) is 0 Å². The monoisotopic (exact) mass is 314 g/mol. The number of H-pyrrole nitrogens is 1. The molecule has 2 amide bonds. The number of hydrogen-bond acceptors (Lipinski definition) is 4. The van der Waals surface area contributed by atoms with Crippen molar-refractivity contribution in [2.24, 2.45) is 0 Å². The number of rotatable bonds is 8. The van der Waals surface area contributed by atoms with Gasteiger partial charge in [-0.05, 0) is 12.7 Å². The zero-order valence-electron chi connectivity index (χ0n) is 12.5. The first-order chi connectivity index (χ1) is 9.99. The number of aromatic nitrogens is 2. The molecule has 0 saturated heterocycles. The molecule has 0 bridgehead atoms. The topological polar surface area (TPSA) is 98.3 Å². The van der Waals surface area contributed by atoms with E-state index in [2.05, 4.69) is 15.3 Å². The van der Waals surface area contributed by atoms with Crippen LogP contribution in [0.2, 0.25) is 0 Å². The summed E-state index contributed by atoms with van der Waals surface area (Å²) >= 11 is 1.66. The summed E-state index contributed by atoms with van der Waals surface area (Å²) in [7, 11) is 1.69. The molecule has 118 valence electrons. The number of urea groups is 1. The van der Waals surface area contributed by atoms with E-state index >= 15 is 0 Å². The molecule has 0 fully saturated rings. The van der Waals surface area contributed by atoms with E-state index in [1.165, 1.54) is 6.33 Å². The Morgan fingerprint density at radius 2 is 2.29 bits per heavy atom. The van der Waals surface area contributed by atoms with Crippen molar-refractivity contribution >= 4 is 23.8 Å². The van der Waals surface area contributed by atoms with Crippen LogP contribution in [-0.2, 0) is 11.2 Å². The third kappa shape index (κ3) is 5.30. The Hall–Kier alpha value is -1.70. The molecule has 0 aliphatic carbocycles. The van der Waals surface area contributed by atoms with Gasteiger partial charge in [0.15, 0.2) is 0 Å². The molecule has 8 heteroatoms. The van der Waals surface area contributed by atoms with Gasteiger partial charge >= 0.3 is 12.0 Å². The molecule has 2 atom stereocenters. The lowest BCUT2D eigenvalue weighted by Crippen LogP contribution is -2.51. The van der Waals surface area contributed by atoms with E-state index in [1.54, 1.807) is 29.9 Å². The number of thioether (sulfide) groups is 1. The molecule has 7 nitrogen and oxygen atoms in total. The van der Waals surface area contributed by atoms with Gasteiger partial charge in [0, 0.05) is 37.2 Å². The molecule has 3 N–H and O–H groups in total. The number of nitrogens with one attached hydrogen (secondary N) is 2. The second kappa shape index (κ2) is 8.56. The van der Waals surface area contributed by atoms with Crippen LogP contribution in [0.1, 0.15) is 19.0 Å². The van der Waals surface area contributed by atoms with Crippen LogP contribution in [-0.4, -0.2) is 63.1 Å². The third-order valence-corrected chi connectivity index (χ3v) is 3.99. The van der Waals surface area contributed by atoms with E-state index in [9.17, 15) is 14.7 Å². The van der Waals surface area contributed by atoms with Crippen molar-refractivity contribution in [2.75, 3.05) is 19.1 Å². The normalized spacial score (nSPS) is 13.5. The number of aliphatic carboxylic acids is 1. The van der Waals surface area contributed by atoms with Crippen molar-refractivity contribution in [3.8, 4) is 0 Å². The standard InChI is InChI=1S/C13H22N4O3S/c1-4-10(7-21-3)17(2)13(20)16-11(12(18)19)5-9-6-14-8-15-9/h6,8,10-11H,4-5,7H2,1-3H3,(H,14,15)(H,16,20)(H,18,19)/t10?,11-/m0/s1. The summed E-state index contributed by atoms with van der Waals surface area (Å²) in [6.45, 7) is 2.00. The Morgan fingerprint density at radius 1 is 1.57 bits per heavy atom. The number of carboxylic acids is 1. The van der Waals surface area contributed by atoms with Crippen LogP contribution in [0.15, 0.2) is 12.5 Å². The third-order valence-electron chi connectivity index (χ3n) is 3.27. The summed E-state index contributed by atoms with van der Waals surface area (Å²) in [5.41, 5.74) is 0.668. The Bertz CT molecular complexity index is 452. The van der Waals surface area contributed by atoms with Crippen LogP contribution < -0.4 is 5.32 Å². The number of imidazole rings is 1. The SMILES string of the molecule is CCC(CSC)N(C)C(=O)N[C@@H](Cc1cnc[nH]1)C(=O)O. The minimum Gasteiger partial charge on any atom is -0.480 e. The Balaban J connectivity index is 2.65. The average Bonchev–Trinajstić information content (AvgIpc) is 2.96. The fourth-order valence-corrected chi connectivity index (χ4v) is 2.77. The molecule has 0 saturated carbocycles. The van der Waals surface area contributed by atoms with Crippen LogP contribution in [0.3, 0.4) is 0 Å². The zero-order chi connectivity index (χ0) is 15.8. The number of carboxylic acid groups (broad SMARTS) is 1. The largest absolute Gasteiger partial charge is 0.480 e. The molecule has 1 aromatic rings. The molecule has 1 unspecified atom stereocenters. The van der Waals surface area contributed by atoms with Crippen molar-refractivity contribution in [3.63, 3.8) is 0 Å². The first-order valence-electron chi connectivity index (χ1n) is 6.71. The smallest absolute Gasteiger partial charge is 0.326 e. The summed E-state index contributed by atoms with van der Waals surface area (Å²) < 4.78 is 0. The molecule has 0 aromatic carbocycles. The van der Waals surface area contributed by atoms with Gasteiger partial charge in [0.05, 0.1) is 6.33 Å². The lowest BCUT2D eigenvalue weighted by Gasteiger charge is -2.28. The molecular weight excluding hydrogens is 292 g/mol. The van der Waals surface area contributed by atoms with Crippen LogP contribution in [0.25, 0.3) is 0 Å². The number of carbonyl (C=O) groups excluding carboxylic acids is 1. The van der Waals surface area contributed by atoms with E-state index in [0.717, 1.165) is 12.2 Å². The quantitative estimate of drug-likeness (QED) is 0.669. The van der Waals surface area contributed by atoms with Crippen molar-refractivity contribution in [1.82, 2.24) is 20.2 Å². The molecule has 0 aliphatic rings. The van der Waals surface area contributed by atoms with E-state index in [0.29, 0.717) is 5.69 Å². The molecule has 1 rings (SSSR count). The highest BCUT2D eigenvalue weighted by atomic mass is 32.2. The highest BCUT2D eigenvalue weighted by Crippen LogP contribution is 2.09. The number of aromatic amines is 1. The van der Waals surface area contributed by atoms with Gasteiger partial charge in [0.1, 0.15) is 6.04 Å². The molecule has 21 heavy (non-hydrogen) atoms. The maximum absolute atomic E-state index is 12.2. The first-order valence-corrected chi connectivity index (χ1v) is 8.11. The number of hydrogen-bond donors (Lipinski definition) is 3. The fraction of sp³-hybridized carbons (Fsp3) is 0.615. The van der Waals surface area contributed by atoms with Crippen LogP contribution in [0.4, 0.5) is 4.79 Å². The highest BCUT2D eigenvalue weighted by Gasteiger charge is 2.25. The van der Waals surface area contributed by atoms with Crippen molar-refractivity contribution in [3.05, 3.63) is 18.2 Å². The first kappa shape index (κ1) is 17.4. The molecule has 1 aromatic heterocycles. The van der Waals surface area contributed by atoms with E-state index < -0.39 is 12.0 Å². The molecular formula is C13H22N4O3S. The predicted octanol–water partition coefficient (Wildman–Crippen LogP) is 1.19. The minimum absolute atomic E-state index is 0.0848. The molecule has 0 radical (unpaired) electrons. The Morgan fingerprint density at radius 3 is 2.76 bits per heavy atom. The second-order valence-electron chi connectivity index (χ2n) is 4.75. The average molecular weight is 314 g/mol. The van der Waals surface area contributed by atoms with Gasteiger partial charge in [-0.15, -0.1) is 0 Å². The van der Waals surface area contributed by atoms with E-state index in [4.69, 9.17) is 0 Å². The lowest BCUT2D eigenvalue weighted by molar-refractivity contribution is -0.139. The van der Waals surface area contributed by atoms with Crippen LogP contribution in [0, 0.1) is 0 Å². The Kier molecular flexibility index (Phi) is 7.07. The molecule has 0 spiro atoms. The number of carbonyl (C=O) groups is 2. The number of amides is 2. The summed E-state index contributed by atoms with van der Waals surface area (Å²) in [6.07, 6.45) is 6.01. The van der Waals surface area contributed by atoms with Crippen molar-refractivity contribution in [2.45, 2.75) is 31.8 Å². The summed E-state index contributed by atoms with van der Waals surface area (Å²) in [4.78, 5) is 31.7. The lowest BCUT2D eigenvalue weighted by atomic mass is 10.1. The molecule has 0 aliphatic heterocycles. The molecule has 1 heterocycles. The maximum Gasteiger partial charge on any atom is 0.326 e. The number of nitrogens with zero attached hydrogens (tertiary/aromatic N) is 2. The highest BCUT2D eigenvalue weighted by molar-refractivity contribution is 7.98. The van der Waals surface area contributed by atoms with Crippen molar-refractivity contribution < 1.29 is 14.7 Å². The maximum atomic E-state index is 12.2. The van der Waals surface area contributed by atoms with Crippen molar-refractivity contribution in [1.29, 1.82) is 0 Å². The summed E-state index contributed by atoms with van der Waals surface area (Å²) in [5, 5.41) is 11.8. The van der Waals surface area contributed by atoms with Gasteiger partial charge < -0.3 is 20.3 Å². The zero-order valence-corrected chi connectivity index (χ0v) is 13.3. The summed E-state index contributed by atoms with van der Waals surface area (Å²) in [6, 6.07) is -1.27. The van der Waals surface area contributed by atoms with E-state index in [1.807, 2.05) is 13.2 Å². The van der Waals surface area contributed by atoms with Gasteiger partial charge in [-0.25, -0.2) is 14.6 Å². The van der Waals surface area contributed by atoms with Gasteiger partial charge in [-0.1, -0.05) is 6.92 Å². The van der Waals surface area contributed by atoms with Crippen LogP contribution in [0.5, 0.6) is 0 Å². The second-order valence-corrected chi connectivity index (χ2v) is 5.66. The van der Waals surface area contributed by atoms with Gasteiger partial charge in [0.2, 0.25) is 0 Å². The van der Waals surface area contributed by atoms with Gasteiger partial charge in [-0.2, -0.15) is 11.8 Å². The minimum atomic E-state index is -1.07. The van der Waals surface area contributed by atoms with E-state index in [-0.39, 0.29) is 18.5 Å². The van der Waals surface area contributed by atoms with Crippen LogP contribution >= 0.6 is 11.8 Å². The fourth-order valence-electron chi connectivity index (χ4n) is 1.93. The summed E-state index contributed by atoms with van der Waals surface area (Å²) in [5.74, 6) is -0.247. The predicted molar refractivity (Wildman–Crippen MR) is 82.5 cm³/mol. The van der Waals surface area contributed by atoms with Gasteiger partial charge in [0.25, 0.3) is 0 Å². The Labute approximate surface area is 128 Å².